The van der Waals surface area contributed by atoms with E-state index < -0.39 is 0 Å². The predicted molar refractivity (Wildman–Crippen MR) is 75.1 cm³/mol. The van der Waals surface area contributed by atoms with E-state index in [-0.39, 0.29) is 5.41 Å². The lowest BCUT2D eigenvalue weighted by atomic mass is 9.78. The molecule has 0 bridgehead atoms. The molecule has 1 atom stereocenters. The molecule has 2 saturated heterocycles. The summed E-state index contributed by atoms with van der Waals surface area (Å²) < 4.78 is 0. The fraction of sp³-hybridized carbons (Fsp3) is 0.600. The van der Waals surface area contributed by atoms with Gasteiger partial charge < -0.3 is 9.80 Å². The van der Waals surface area contributed by atoms with Crippen LogP contribution in [0.5, 0.6) is 0 Å². The van der Waals surface area contributed by atoms with Crippen LogP contribution in [0.2, 0.25) is 0 Å². The van der Waals surface area contributed by atoms with E-state index in [4.69, 9.17) is 0 Å². The van der Waals surface area contributed by atoms with Gasteiger partial charge in [0, 0.05) is 32.4 Å². The normalized spacial score (nSPS) is 27.4. The second-order valence-corrected chi connectivity index (χ2v) is 5.92. The molecule has 3 rings (SSSR count). The summed E-state index contributed by atoms with van der Waals surface area (Å²) in [5.41, 5.74) is 0.880. The maximum absolute atomic E-state index is 12.4. The molecule has 19 heavy (non-hydrogen) atoms. The molecule has 2 aliphatic heterocycles. The summed E-state index contributed by atoms with van der Waals surface area (Å²) in [6.07, 6.45) is 3.10. The largest absolute Gasteiger partial charge is 0.356 e. The molecule has 1 amide bonds. The first-order valence-corrected chi connectivity index (χ1v) is 7.05. The second-order valence-electron chi connectivity index (χ2n) is 5.92. The summed E-state index contributed by atoms with van der Waals surface area (Å²) in [6.45, 7) is 4.74. The number of piperidine rings is 1. The van der Waals surface area contributed by atoms with Gasteiger partial charge in [0.2, 0.25) is 5.91 Å². The van der Waals surface area contributed by atoms with Crippen molar-refractivity contribution in [1.29, 1.82) is 0 Å². The van der Waals surface area contributed by atoms with Gasteiger partial charge in [0.25, 0.3) is 0 Å². The number of carbonyl (C=O) groups is 1. The van der Waals surface area contributed by atoms with Crippen LogP contribution in [0.4, 0.5) is 5.82 Å². The van der Waals surface area contributed by atoms with Crippen molar-refractivity contribution < 1.29 is 4.79 Å². The topological polar surface area (TPSA) is 36.4 Å². The number of aromatic nitrogens is 1. The van der Waals surface area contributed by atoms with E-state index in [0.29, 0.717) is 5.91 Å². The summed E-state index contributed by atoms with van der Waals surface area (Å²) in [5.74, 6) is 1.34. The molecule has 0 saturated carbocycles. The number of carbonyl (C=O) groups excluding carboxylic acids is 1. The lowest BCUT2D eigenvalue weighted by molar-refractivity contribution is -0.135. The number of hydrogen-bond donors (Lipinski definition) is 0. The zero-order chi connectivity index (χ0) is 13.5. The number of pyridine rings is 1. The quantitative estimate of drug-likeness (QED) is 0.772. The van der Waals surface area contributed by atoms with Crippen LogP contribution in [0, 0.1) is 12.3 Å². The third kappa shape index (κ3) is 2.09. The van der Waals surface area contributed by atoms with Crippen LogP contribution in [-0.4, -0.2) is 42.5 Å². The molecule has 1 aromatic rings. The maximum atomic E-state index is 12.4. The summed E-state index contributed by atoms with van der Waals surface area (Å²) in [5, 5.41) is 0. The Morgan fingerprint density at radius 1 is 1.26 bits per heavy atom. The highest BCUT2D eigenvalue weighted by atomic mass is 16.2. The molecule has 4 nitrogen and oxygen atoms in total. The van der Waals surface area contributed by atoms with Crippen molar-refractivity contribution in [3.63, 3.8) is 0 Å². The highest BCUT2D eigenvalue weighted by Gasteiger charge is 2.47. The molecular formula is C15H21N3O. The van der Waals surface area contributed by atoms with Crippen molar-refractivity contribution in [2.45, 2.75) is 26.2 Å². The van der Waals surface area contributed by atoms with E-state index in [0.717, 1.165) is 50.4 Å². The van der Waals surface area contributed by atoms with Gasteiger partial charge in [-0.2, -0.15) is 0 Å². The Bertz CT molecular complexity index is 498. The van der Waals surface area contributed by atoms with Gasteiger partial charge in [0.05, 0.1) is 5.41 Å². The molecule has 0 N–H and O–H groups in total. The monoisotopic (exact) mass is 259 g/mol. The van der Waals surface area contributed by atoms with Crippen LogP contribution in [0.25, 0.3) is 0 Å². The summed E-state index contributed by atoms with van der Waals surface area (Å²) in [7, 11) is 1.92. The molecule has 1 aromatic heterocycles. The third-order valence-electron chi connectivity index (χ3n) is 4.50. The summed E-state index contributed by atoms with van der Waals surface area (Å²) >= 11 is 0. The molecule has 102 valence electrons. The average molecular weight is 259 g/mol. The number of rotatable bonds is 1. The van der Waals surface area contributed by atoms with Crippen molar-refractivity contribution in [1.82, 2.24) is 9.88 Å². The van der Waals surface area contributed by atoms with Crippen molar-refractivity contribution >= 4 is 11.7 Å². The molecule has 2 fully saturated rings. The Hall–Kier alpha value is -1.58. The van der Waals surface area contributed by atoms with Gasteiger partial charge in [-0.1, -0.05) is 6.07 Å². The molecule has 0 aromatic carbocycles. The van der Waals surface area contributed by atoms with E-state index >= 15 is 0 Å². The minimum Gasteiger partial charge on any atom is -0.356 e. The van der Waals surface area contributed by atoms with Gasteiger partial charge in [0.15, 0.2) is 0 Å². The predicted octanol–water partition coefficient (Wildman–Crippen LogP) is 1.84. The molecule has 0 radical (unpaired) electrons. The Morgan fingerprint density at radius 2 is 2.11 bits per heavy atom. The lowest BCUT2D eigenvalue weighted by Gasteiger charge is -2.39. The van der Waals surface area contributed by atoms with Gasteiger partial charge in [-0.15, -0.1) is 0 Å². The maximum Gasteiger partial charge on any atom is 0.230 e. The number of nitrogens with zero attached hydrogens (tertiary/aromatic N) is 3. The molecule has 0 unspecified atom stereocenters. The van der Waals surface area contributed by atoms with Crippen LogP contribution in [0.15, 0.2) is 18.2 Å². The first kappa shape index (κ1) is 12.5. The van der Waals surface area contributed by atoms with Gasteiger partial charge in [-0.05, 0) is 38.3 Å². The van der Waals surface area contributed by atoms with E-state index in [1.807, 2.05) is 31.0 Å². The molecular weight excluding hydrogens is 238 g/mol. The lowest BCUT2D eigenvalue weighted by Crippen LogP contribution is -2.47. The Kier molecular flexibility index (Phi) is 2.96. The molecule has 4 heteroatoms. The summed E-state index contributed by atoms with van der Waals surface area (Å²) in [4.78, 5) is 21.2. The number of likely N-dealkylation sites (tertiary alicyclic amines) is 1. The highest BCUT2D eigenvalue weighted by molar-refractivity contribution is 5.85. The number of aryl methyl sites for hydroxylation is 1. The Balaban J connectivity index is 1.84. The highest BCUT2D eigenvalue weighted by Crippen LogP contribution is 2.40. The van der Waals surface area contributed by atoms with Crippen molar-refractivity contribution in [2.24, 2.45) is 5.41 Å². The van der Waals surface area contributed by atoms with Crippen LogP contribution >= 0.6 is 0 Å². The van der Waals surface area contributed by atoms with Crippen molar-refractivity contribution in [3.8, 4) is 0 Å². The minimum atomic E-state index is -0.154. The van der Waals surface area contributed by atoms with Crippen LogP contribution in [0.1, 0.15) is 25.0 Å². The van der Waals surface area contributed by atoms with Gasteiger partial charge in [0.1, 0.15) is 5.82 Å². The fourth-order valence-corrected chi connectivity index (χ4v) is 3.41. The molecule has 2 aliphatic rings. The van der Waals surface area contributed by atoms with Crippen LogP contribution in [0.3, 0.4) is 0 Å². The standard InChI is InChI=1S/C15H21N3O/c1-12-5-3-6-13(16-12)18-9-4-7-15(11-18)8-10-17(2)14(15)19/h3,5-6H,4,7-11H2,1-2H3/t15-/m0/s1. The van der Waals surface area contributed by atoms with Gasteiger partial charge in [-0.3, -0.25) is 4.79 Å². The Labute approximate surface area is 114 Å². The zero-order valence-corrected chi connectivity index (χ0v) is 11.7. The van der Waals surface area contributed by atoms with E-state index in [1.165, 1.54) is 0 Å². The van der Waals surface area contributed by atoms with E-state index in [2.05, 4.69) is 16.0 Å². The zero-order valence-electron chi connectivity index (χ0n) is 11.7. The van der Waals surface area contributed by atoms with Crippen LogP contribution < -0.4 is 4.90 Å². The Morgan fingerprint density at radius 3 is 2.79 bits per heavy atom. The van der Waals surface area contributed by atoms with Gasteiger partial charge >= 0.3 is 0 Å². The molecule has 3 heterocycles. The number of amides is 1. The first-order chi connectivity index (χ1) is 9.11. The second kappa shape index (κ2) is 4.51. The average Bonchev–Trinajstić information content (AvgIpc) is 2.68. The summed E-state index contributed by atoms with van der Waals surface area (Å²) in [6, 6.07) is 6.11. The van der Waals surface area contributed by atoms with E-state index in [1.54, 1.807) is 0 Å². The molecule has 1 spiro atoms. The van der Waals surface area contributed by atoms with Crippen molar-refractivity contribution in [3.05, 3.63) is 23.9 Å². The van der Waals surface area contributed by atoms with Gasteiger partial charge in [-0.25, -0.2) is 4.98 Å². The fourth-order valence-electron chi connectivity index (χ4n) is 3.41. The number of hydrogen-bond acceptors (Lipinski definition) is 3. The first-order valence-electron chi connectivity index (χ1n) is 7.05. The minimum absolute atomic E-state index is 0.154. The van der Waals surface area contributed by atoms with Crippen LogP contribution in [-0.2, 0) is 4.79 Å². The number of anilines is 1. The smallest absolute Gasteiger partial charge is 0.230 e. The third-order valence-corrected chi connectivity index (χ3v) is 4.50. The van der Waals surface area contributed by atoms with E-state index in [9.17, 15) is 4.79 Å². The SMILES string of the molecule is Cc1cccc(N2CCC[C@]3(CCN(C)C3=O)C2)n1. The van der Waals surface area contributed by atoms with Crippen molar-refractivity contribution in [2.75, 3.05) is 31.6 Å². The molecule has 0 aliphatic carbocycles.